The number of thioether (sulfide) groups is 1. The van der Waals surface area contributed by atoms with E-state index in [0.29, 0.717) is 25.4 Å². The van der Waals surface area contributed by atoms with Gasteiger partial charge in [-0.05, 0) is 43.2 Å². The zero-order valence-corrected chi connectivity index (χ0v) is 19.0. The van der Waals surface area contributed by atoms with Crippen LogP contribution < -0.4 is 5.32 Å². The van der Waals surface area contributed by atoms with Gasteiger partial charge in [0.25, 0.3) is 0 Å². The summed E-state index contributed by atoms with van der Waals surface area (Å²) in [5, 5.41) is 3.10. The first-order valence-corrected chi connectivity index (χ1v) is 12.7. The predicted molar refractivity (Wildman–Crippen MR) is 124 cm³/mol. The van der Waals surface area contributed by atoms with Crippen LogP contribution in [0.5, 0.6) is 0 Å². The van der Waals surface area contributed by atoms with Gasteiger partial charge in [0.2, 0.25) is 5.91 Å². The number of hydrogen-bond donors (Lipinski definition) is 1. The van der Waals surface area contributed by atoms with Crippen LogP contribution in [0.1, 0.15) is 63.9 Å². The second kappa shape index (κ2) is 9.63. The van der Waals surface area contributed by atoms with Gasteiger partial charge >= 0.3 is 6.03 Å². The molecule has 1 spiro atoms. The zero-order valence-electron chi connectivity index (χ0n) is 18.2. The van der Waals surface area contributed by atoms with Gasteiger partial charge in [0.05, 0.1) is 4.87 Å². The number of likely N-dealkylation sites (tertiary alicyclic amines) is 1. The lowest BCUT2D eigenvalue weighted by molar-refractivity contribution is -0.134. The van der Waals surface area contributed by atoms with E-state index in [-0.39, 0.29) is 10.9 Å². The van der Waals surface area contributed by atoms with Crippen molar-refractivity contribution in [2.75, 3.05) is 30.7 Å². The summed E-state index contributed by atoms with van der Waals surface area (Å²) in [6.45, 7) is 4.38. The fourth-order valence-electron chi connectivity index (χ4n) is 5.34. The summed E-state index contributed by atoms with van der Waals surface area (Å²) in [6.07, 6.45) is 9.68. The van der Waals surface area contributed by atoms with Gasteiger partial charge in [0.15, 0.2) is 0 Å². The third kappa shape index (κ3) is 4.63. The molecule has 3 fully saturated rings. The Kier molecular flexibility index (Phi) is 6.91. The van der Waals surface area contributed by atoms with Crippen molar-refractivity contribution in [2.24, 2.45) is 5.92 Å². The van der Waals surface area contributed by atoms with Crippen molar-refractivity contribution in [1.82, 2.24) is 9.80 Å². The molecular formula is C24H35N3O2S. The largest absolute Gasteiger partial charge is 0.327 e. The summed E-state index contributed by atoms with van der Waals surface area (Å²) in [7, 11) is 0. The zero-order chi connectivity index (χ0) is 21.0. The molecule has 0 bridgehead atoms. The van der Waals surface area contributed by atoms with Crippen molar-refractivity contribution in [3.63, 3.8) is 0 Å². The monoisotopic (exact) mass is 429 g/mol. The lowest BCUT2D eigenvalue weighted by Crippen LogP contribution is -2.54. The van der Waals surface area contributed by atoms with E-state index in [4.69, 9.17) is 0 Å². The Balaban J connectivity index is 1.31. The van der Waals surface area contributed by atoms with E-state index in [0.717, 1.165) is 55.1 Å². The summed E-state index contributed by atoms with van der Waals surface area (Å²) >= 11 is 1.93. The molecule has 2 saturated heterocycles. The number of urea groups is 1. The Labute approximate surface area is 184 Å². The van der Waals surface area contributed by atoms with Crippen molar-refractivity contribution in [1.29, 1.82) is 0 Å². The number of carbonyl (C=O) groups is 2. The van der Waals surface area contributed by atoms with Crippen LogP contribution in [-0.4, -0.2) is 52.0 Å². The van der Waals surface area contributed by atoms with Gasteiger partial charge in [0, 0.05) is 37.5 Å². The molecule has 164 valence electrons. The molecule has 1 saturated carbocycles. The molecule has 2 aliphatic heterocycles. The van der Waals surface area contributed by atoms with E-state index in [2.05, 4.69) is 23.2 Å². The van der Waals surface area contributed by atoms with Gasteiger partial charge in [-0.15, -0.1) is 11.8 Å². The number of amides is 3. The van der Waals surface area contributed by atoms with Gasteiger partial charge in [-0.25, -0.2) is 4.79 Å². The van der Waals surface area contributed by atoms with Gasteiger partial charge in [-0.3, -0.25) is 4.79 Å². The first-order chi connectivity index (χ1) is 14.6. The number of piperidine rings is 1. The van der Waals surface area contributed by atoms with Crippen LogP contribution >= 0.6 is 11.8 Å². The Morgan fingerprint density at radius 1 is 1.13 bits per heavy atom. The smallest absolute Gasteiger partial charge is 0.321 e. The summed E-state index contributed by atoms with van der Waals surface area (Å²) in [6, 6.07) is 7.98. The number of benzene rings is 1. The van der Waals surface area contributed by atoms with Crippen LogP contribution in [0.2, 0.25) is 0 Å². The van der Waals surface area contributed by atoms with Gasteiger partial charge in [-0.1, -0.05) is 50.8 Å². The summed E-state index contributed by atoms with van der Waals surface area (Å²) in [5.41, 5.74) is 2.06. The maximum atomic E-state index is 13.0. The molecule has 1 aliphatic carbocycles. The van der Waals surface area contributed by atoms with E-state index >= 15 is 0 Å². The molecule has 1 N–H and O–H groups in total. The van der Waals surface area contributed by atoms with Crippen molar-refractivity contribution < 1.29 is 9.59 Å². The number of aryl methyl sites for hydroxylation is 1. The number of hydrogen-bond acceptors (Lipinski definition) is 3. The highest BCUT2D eigenvalue weighted by Crippen LogP contribution is 2.44. The molecule has 0 aromatic heterocycles. The molecule has 1 aromatic carbocycles. The SMILES string of the molecule is CCc1ccccc1NC(=O)N1CCC2(CC1)SCCN2C(=O)CCC1CCCC1. The van der Waals surface area contributed by atoms with Crippen LogP contribution in [0.15, 0.2) is 24.3 Å². The second-order valence-corrected chi connectivity index (χ2v) is 10.4. The van der Waals surface area contributed by atoms with Crippen LogP contribution in [0, 0.1) is 5.92 Å². The molecular weight excluding hydrogens is 394 g/mol. The van der Waals surface area contributed by atoms with Gasteiger partial charge in [0.1, 0.15) is 0 Å². The molecule has 4 rings (SSSR count). The average Bonchev–Trinajstić information content (AvgIpc) is 3.43. The standard InChI is InChI=1S/C24H35N3O2S/c1-2-20-9-5-6-10-21(20)25-23(29)26-15-13-24(14-16-26)27(17-18-30-24)22(28)12-11-19-7-3-4-8-19/h5-6,9-10,19H,2-4,7-8,11-18H2,1H3,(H,25,29). The fourth-order valence-corrected chi connectivity index (χ4v) is 6.81. The van der Waals surface area contributed by atoms with Crippen LogP contribution in [0.4, 0.5) is 10.5 Å². The lowest BCUT2D eigenvalue weighted by atomic mass is 9.99. The molecule has 0 unspecified atom stereocenters. The van der Waals surface area contributed by atoms with Crippen molar-refractivity contribution in [3.05, 3.63) is 29.8 Å². The van der Waals surface area contributed by atoms with E-state index in [9.17, 15) is 9.59 Å². The Morgan fingerprint density at radius 2 is 1.87 bits per heavy atom. The normalized spacial score (nSPS) is 21.4. The van der Waals surface area contributed by atoms with Crippen molar-refractivity contribution in [2.45, 2.75) is 69.6 Å². The predicted octanol–water partition coefficient (Wildman–Crippen LogP) is 5.12. The van der Waals surface area contributed by atoms with E-state index in [1.54, 1.807) is 0 Å². The summed E-state index contributed by atoms with van der Waals surface area (Å²) in [4.78, 5) is 29.8. The van der Waals surface area contributed by atoms with Crippen molar-refractivity contribution >= 4 is 29.4 Å². The average molecular weight is 430 g/mol. The topological polar surface area (TPSA) is 52.7 Å². The molecule has 6 heteroatoms. The van der Waals surface area contributed by atoms with Crippen LogP contribution in [0.3, 0.4) is 0 Å². The Hall–Kier alpha value is -1.69. The van der Waals surface area contributed by atoms with E-state index < -0.39 is 0 Å². The van der Waals surface area contributed by atoms with Crippen LogP contribution in [0.25, 0.3) is 0 Å². The molecule has 3 aliphatic rings. The van der Waals surface area contributed by atoms with Crippen LogP contribution in [-0.2, 0) is 11.2 Å². The third-order valence-corrected chi connectivity index (χ3v) is 8.74. The quantitative estimate of drug-likeness (QED) is 0.707. The molecule has 5 nitrogen and oxygen atoms in total. The number of carbonyl (C=O) groups excluding carboxylic acids is 2. The lowest BCUT2D eigenvalue weighted by Gasteiger charge is -2.44. The highest BCUT2D eigenvalue weighted by molar-refractivity contribution is 8.00. The molecule has 3 amide bonds. The third-order valence-electron chi connectivity index (χ3n) is 7.19. The molecule has 30 heavy (non-hydrogen) atoms. The minimum absolute atomic E-state index is 0.0205. The summed E-state index contributed by atoms with van der Waals surface area (Å²) in [5.74, 6) is 2.11. The van der Waals surface area contributed by atoms with Gasteiger partial charge in [-0.2, -0.15) is 0 Å². The Morgan fingerprint density at radius 3 is 2.60 bits per heavy atom. The van der Waals surface area contributed by atoms with Gasteiger partial charge < -0.3 is 15.1 Å². The Bertz CT molecular complexity index is 755. The van der Waals surface area contributed by atoms with E-state index in [1.807, 2.05) is 34.9 Å². The first-order valence-electron chi connectivity index (χ1n) is 11.7. The maximum Gasteiger partial charge on any atom is 0.321 e. The maximum absolute atomic E-state index is 13.0. The second-order valence-electron chi connectivity index (χ2n) is 8.96. The number of para-hydroxylation sites is 1. The molecule has 0 atom stereocenters. The highest BCUT2D eigenvalue weighted by Gasteiger charge is 2.46. The molecule has 2 heterocycles. The van der Waals surface area contributed by atoms with E-state index in [1.165, 1.54) is 25.7 Å². The number of rotatable bonds is 5. The van der Waals surface area contributed by atoms with Crippen molar-refractivity contribution in [3.8, 4) is 0 Å². The minimum Gasteiger partial charge on any atom is -0.327 e. The number of anilines is 1. The summed E-state index contributed by atoms with van der Waals surface area (Å²) < 4.78 is 0. The molecule has 1 aromatic rings. The molecule has 0 radical (unpaired) electrons. The fraction of sp³-hybridized carbons (Fsp3) is 0.667. The first kappa shape index (κ1) is 21.5. The highest BCUT2D eigenvalue weighted by atomic mass is 32.2. The minimum atomic E-state index is -0.0924. The number of nitrogens with zero attached hydrogens (tertiary/aromatic N) is 2. The number of nitrogens with one attached hydrogen (secondary N) is 1.